The van der Waals surface area contributed by atoms with Crippen molar-refractivity contribution in [3.63, 3.8) is 0 Å². The van der Waals surface area contributed by atoms with Crippen LogP contribution >= 0.6 is 0 Å². The van der Waals surface area contributed by atoms with E-state index in [1.807, 2.05) is 19.1 Å². The largest absolute Gasteiger partial charge is 0.493 e. The summed E-state index contributed by atoms with van der Waals surface area (Å²) in [7, 11) is 0. The Morgan fingerprint density at radius 1 is 0.725 bits per heavy atom. The van der Waals surface area contributed by atoms with Gasteiger partial charge in [0.15, 0.2) is 5.58 Å². The SMILES string of the molecule is CCOc1cc2oc(-c3ccc(/C=C/c4ccc(-c5ccccc5)cc4)cc3)nc2cc1C(C)(C)CC(C)(C)C. The maximum atomic E-state index is 6.22. The molecule has 5 rings (SSSR count). The third-order valence-electron chi connectivity index (χ3n) is 7.13. The van der Waals surface area contributed by atoms with E-state index in [-0.39, 0.29) is 10.8 Å². The summed E-state index contributed by atoms with van der Waals surface area (Å²) >= 11 is 0. The monoisotopic (exact) mass is 529 g/mol. The van der Waals surface area contributed by atoms with Gasteiger partial charge in [-0.25, -0.2) is 4.98 Å². The van der Waals surface area contributed by atoms with Gasteiger partial charge in [0.05, 0.1) is 6.61 Å². The van der Waals surface area contributed by atoms with Gasteiger partial charge in [0, 0.05) is 17.2 Å². The summed E-state index contributed by atoms with van der Waals surface area (Å²) in [4.78, 5) is 4.87. The van der Waals surface area contributed by atoms with Gasteiger partial charge in [0.25, 0.3) is 0 Å². The van der Waals surface area contributed by atoms with Gasteiger partial charge in [-0.15, -0.1) is 0 Å². The highest BCUT2D eigenvalue weighted by Gasteiger charge is 2.31. The zero-order chi connectivity index (χ0) is 28.3. The van der Waals surface area contributed by atoms with Gasteiger partial charge in [-0.1, -0.05) is 114 Å². The maximum Gasteiger partial charge on any atom is 0.227 e. The van der Waals surface area contributed by atoms with Crippen LogP contribution in [0.5, 0.6) is 5.75 Å². The fraction of sp³-hybridized carbons (Fsp3) is 0.270. The summed E-state index contributed by atoms with van der Waals surface area (Å²) in [6.07, 6.45) is 5.30. The lowest BCUT2D eigenvalue weighted by Crippen LogP contribution is -2.25. The summed E-state index contributed by atoms with van der Waals surface area (Å²) in [6, 6.07) is 31.6. The van der Waals surface area contributed by atoms with Crippen molar-refractivity contribution >= 4 is 23.3 Å². The van der Waals surface area contributed by atoms with Crippen LogP contribution in [0, 0.1) is 5.41 Å². The molecule has 0 saturated heterocycles. The second-order valence-corrected chi connectivity index (χ2v) is 12.3. The third-order valence-corrected chi connectivity index (χ3v) is 7.13. The average Bonchev–Trinajstić information content (AvgIpc) is 3.35. The minimum atomic E-state index is -0.0636. The first-order valence-electron chi connectivity index (χ1n) is 14.1. The summed E-state index contributed by atoms with van der Waals surface area (Å²) < 4.78 is 12.3. The van der Waals surface area contributed by atoms with E-state index in [1.54, 1.807) is 0 Å². The Morgan fingerprint density at radius 3 is 1.88 bits per heavy atom. The highest BCUT2D eigenvalue weighted by Crippen LogP contribution is 2.42. The quantitative estimate of drug-likeness (QED) is 0.188. The van der Waals surface area contributed by atoms with Crippen molar-refractivity contribution in [2.75, 3.05) is 6.61 Å². The first-order valence-corrected chi connectivity index (χ1v) is 14.1. The second-order valence-electron chi connectivity index (χ2n) is 12.3. The number of hydrogen-bond acceptors (Lipinski definition) is 3. The van der Waals surface area contributed by atoms with Crippen molar-refractivity contribution in [2.24, 2.45) is 5.41 Å². The molecule has 1 aromatic heterocycles. The molecule has 40 heavy (non-hydrogen) atoms. The van der Waals surface area contributed by atoms with Crippen LogP contribution in [0.3, 0.4) is 0 Å². The molecule has 0 atom stereocenters. The second kappa shape index (κ2) is 11.2. The molecule has 3 heteroatoms. The molecule has 0 spiro atoms. The van der Waals surface area contributed by atoms with Crippen LogP contribution in [0.25, 0.3) is 45.8 Å². The summed E-state index contributed by atoms with van der Waals surface area (Å²) in [5.74, 6) is 1.50. The van der Waals surface area contributed by atoms with Gasteiger partial charge in [0.2, 0.25) is 5.89 Å². The maximum absolute atomic E-state index is 6.22. The van der Waals surface area contributed by atoms with Crippen molar-refractivity contribution < 1.29 is 9.15 Å². The lowest BCUT2D eigenvalue weighted by Gasteiger charge is -2.34. The van der Waals surface area contributed by atoms with Crippen LogP contribution in [0.15, 0.2) is 95.4 Å². The van der Waals surface area contributed by atoms with Crippen molar-refractivity contribution in [1.82, 2.24) is 4.98 Å². The van der Waals surface area contributed by atoms with E-state index >= 15 is 0 Å². The lowest BCUT2D eigenvalue weighted by molar-refractivity contribution is 0.270. The molecule has 4 aromatic carbocycles. The predicted octanol–water partition coefficient (Wildman–Crippen LogP) is 10.4. The molecule has 3 nitrogen and oxygen atoms in total. The number of benzene rings is 4. The first-order chi connectivity index (χ1) is 19.1. The van der Waals surface area contributed by atoms with E-state index in [4.69, 9.17) is 14.1 Å². The molecule has 0 radical (unpaired) electrons. The number of aromatic nitrogens is 1. The molecule has 0 fully saturated rings. The number of fused-ring (bicyclic) bond motifs is 1. The Morgan fingerprint density at radius 2 is 1.30 bits per heavy atom. The topological polar surface area (TPSA) is 35.3 Å². The van der Waals surface area contributed by atoms with Crippen LogP contribution < -0.4 is 4.74 Å². The molecule has 0 aliphatic heterocycles. The van der Waals surface area contributed by atoms with Crippen molar-refractivity contribution in [3.8, 4) is 28.3 Å². The molecule has 0 bridgehead atoms. The van der Waals surface area contributed by atoms with Crippen LogP contribution in [-0.2, 0) is 5.41 Å². The van der Waals surface area contributed by atoms with Gasteiger partial charge in [-0.05, 0) is 64.6 Å². The molecular weight excluding hydrogens is 490 g/mol. The highest BCUT2D eigenvalue weighted by atomic mass is 16.5. The van der Waals surface area contributed by atoms with E-state index < -0.39 is 0 Å². The van der Waals surface area contributed by atoms with Crippen molar-refractivity contribution in [1.29, 1.82) is 0 Å². The number of ether oxygens (including phenoxy) is 1. The van der Waals surface area contributed by atoms with Crippen LogP contribution in [-0.4, -0.2) is 11.6 Å². The van der Waals surface area contributed by atoms with E-state index in [0.717, 1.165) is 40.0 Å². The molecule has 0 saturated carbocycles. The Labute approximate surface area is 238 Å². The van der Waals surface area contributed by atoms with E-state index in [2.05, 4.69) is 126 Å². The standard InChI is InChI=1S/C37H39NO2/c1-7-39-33-24-34-32(23-31(33)37(5,6)25-36(2,3)4)38-35(40-34)30-21-17-27(18-22-30)14-13-26-15-19-29(20-16-26)28-11-9-8-10-12-28/h8-24H,7,25H2,1-6H3/b14-13+. The van der Waals surface area contributed by atoms with Gasteiger partial charge in [-0.2, -0.15) is 0 Å². The molecule has 204 valence electrons. The zero-order valence-corrected chi connectivity index (χ0v) is 24.5. The fourth-order valence-corrected chi connectivity index (χ4v) is 5.65. The van der Waals surface area contributed by atoms with Gasteiger partial charge < -0.3 is 9.15 Å². The number of oxazole rings is 1. The number of rotatable bonds is 8. The molecular formula is C37H39NO2. The van der Waals surface area contributed by atoms with E-state index in [0.29, 0.717) is 12.5 Å². The Bertz CT molecular complexity index is 1600. The lowest BCUT2D eigenvalue weighted by atomic mass is 9.72. The molecule has 0 amide bonds. The number of hydrogen-bond donors (Lipinski definition) is 0. The first kappa shape index (κ1) is 27.5. The molecule has 5 aromatic rings. The average molecular weight is 530 g/mol. The molecule has 0 aliphatic carbocycles. The zero-order valence-electron chi connectivity index (χ0n) is 24.5. The highest BCUT2D eigenvalue weighted by molar-refractivity contribution is 5.80. The van der Waals surface area contributed by atoms with Crippen LogP contribution in [0.2, 0.25) is 0 Å². The Kier molecular flexibility index (Phi) is 7.67. The normalized spacial score (nSPS) is 12.3. The van der Waals surface area contributed by atoms with Crippen LogP contribution in [0.4, 0.5) is 0 Å². The molecule has 0 unspecified atom stereocenters. The van der Waals surface area contributed by atoms with Crippen molar-refractivity contribution in [3.05, 3.63) is 108 Å². The minimum Gasteiger partial charge on any atom is -0.493 e. The van der Waals surface area contributed by atoms with Gasteiger partial charge >= 0.3 is 0 Å². The Balaban J connectivity index is 1.36. The van der Waals surface area contributed by atoms with Gasteiger partial charge in [-0.3, -0.25) is 0 Å². The smallest absolute Gasteiger partial charge is 0.227 e. The Hall–Kier alpha value is -4.11. The summed E-state index contributed by atoms with van der Waals surface area (Å²) in [5, 5.41) is 0. The summed E-state index contributed by atoms with van der Waals surface area (Å²) in [5.41, 5.74) is 8.60. The van der Waals surface area contributed by atoms with E-state index in [1.165, 1.54) is 16.7 Å². The predicted molar refractivity (Wildman–Crippen MR) is 169 cm³/mol. The molecule has 1 heterocycles. The molecule has 0 aliphatic rings. The minimum absolute atomic E-state index is 0.0636. The van der Waals surface area contributed by atoms with E-state index in [9.17, 15) is 0 Å². The molecule has 0 N–H and O–H groups in total. The van der Waals surface area contributed by atoms with Crippen molar-refractivity contribution in [2.45, 2.75) is 53.4 Å². The third kappa shape index (κ3) is 6.37. The fourth-order valence-electron chi connectivity index (χ4n) is 5.65. The van der Waals surface area contributed by atoms with Gasteiger partial charge in [0.1, 0.15) is 11.3 Å². The summed E-state index contributed by atoms with van der Waals surface area (Å²) in [6.45, 7) is 14.0. The van der Waals surface area contributed by atoms with Crippen LogP contribution in [0.1, 0.15) is 64.7 Å². The number of nitrogens with zero attached hydrogens (tertiary/aromatic N) is 1.